The molecule has 10 heteroatoms. The molecule has 0 aliphatic heterocycles. The molecule has 87 heavy (non-hydrogen) atoms. The minimum absolute atomic E-state index is 0.0458. The highest BCUT2D eigenvalue weighted by Gasteiger charge is 2.26. The molecule has 0 aliphatic carbocycles. The maximum atomic E-state index is 12.8. The Bertz CT molecular complexity index is 1980. The van der Waals surface area contributed by atoms with Crippen molar-refractivity contribution in [2.45, 2.75) is 290 Å². The molecule has 0 spiro atoms. The summed E-state index contributed by atoms with van der Waals surface area (Å²) in [5.41, 5.74) is 5.40. The van der Waals surface area contributed by atoms with Gasteiger partial charge in [-0.3, -0.25) is 18.6 Å². The molecule has 0 aliphatic rings. The molecule has 0 rings (SSSR count). The van der Waals surface area contributed by atoms with E-state index in [1.165, 1.54) is 122 Å². The van der Waals surface area contributed by atoms with E-state index in [2.05, 4.69) is 172 Å². The summed E-state index contributed by atoms with van der Waals surface area (Å²) in [7, 11) is -4.41. The summed E-state index contributed by atoms with van der Waals surface area (Å²) >= 11 is 0. The van der Waals surface area contributed by atoms with Crippen LogP contribution in [0.2, 0.25) is 0 Å². The van der Waals surface area contributed by atoms with E-state index in [-0.39, 0.29) is 38.6 Å². The summed E-state index contributed by atoms with van der Waals surface area (Å²) in [6.07, 6.45) is 103. The van der Waals surface area contributed by atoms with Gasteiger partial charge in [-0.05, 0) is 122 Å². The van der Waals surface area contributed by atoms with E-state index in [1.54, 1.807) is 0 Å². The molecule has 0 saturated heterocycles. The largest absolute Gasteiger partial charge is 0.472 e. The molecule has 0 amide bonds. The molecule has 0 fully saturated rings. The predicted octanol–water partition coefficient (Wildman–Crippen LogP) is 23.2. The number of allylic oxidation sites excluding steroid dienone is 26. The van der Waals surface area contributed by atoms with E-state index in [1.807, 2.05) is 0 Å². The van der Waals surface area contributed by atoms with Gasteiger partial charge < -0.3 is 20.1 Å². The molecule has 3 N–H and O–H groups in total. The summed E-state index contributed by atoms with van der Waals surface area (Å²) in [5, 5.41) is 0. The number of carbonyl (C=O) groups is 2. The summed E-state index contributed by atoms with van der Waals surface area (Å²) in [6.45, 7) is 3.52. The normalized spacial score (nSPS) is 13.9. The van der Waals surface area contributed by atoms with Gasteiger partial charge in [-0.2, -0.15) is 0 Å². The van der Waals surface area contributed by atoms with Crippen LogP contribution in [0.25, 0.3) is 0 Å². The van der Waals surface area contributed by atoms with Crippen LogP contribution in [0.15, 0.2) is 158 Å². The Labute approximate surface area is 534 Å². The fourth-order valence-electron chi connectivity index (χ4n) is 9.33. The minimum atomic E-state index is -4.41. The predicted molar refractivity (Wildman–Crippen MR) is 376 cm³/mol. The average Bonchev–Trinajstić information content (AvgIpc) is 3.65. The zero-order valence-electron chi connectivity index (χ0n) is 55.4. The lowest BCUT2D eigenvalue weighted by molar-refractivity contribution is -0.161. The van der Waals surface area contributed by atoms with Gasteiger partial charge >= 0.3 is 19.8 Å². The van der Waals surface area contributed by atoms with Crippen LogP contribution in [0, 0.1) is 0 Å². The van der Waals surface area contributed by atoms with Crippen LogP contribution in [0.3, 0.4) is 0 Å². The van der Waals surface area contributed by atoms with Gasteiger partial charge in [0.05, 0.1) is 13.2 Å². The Morgan fingerprint density at radius 1 is 0.345 bits per heavy atom. The van der Waals surface area contributed by atoms with E-state index < -0.39 is 26.5 Å². The molecule has 494 valence electrons. The zero-order chi connectivity index (χ0) is 63.0. The van der Waals surface area contributed by atoms with Gasteiger partial charge in [0.1, 0.15) is 6.61 Å². The van der Waals surface area contributed by atoms with Crippen LogP contribution >= 0.6 is 7.82 Å². The number of carbonyl (C=O) groups excluding carboxylic acids is 2. The number of unbranched alkanes of at least 4 members (excludes halogenated alkanes) is 25. The van der Waals surface area contributed by atoms with Crippen molar-refractivity contribution in [1.29, 1.82) is 0 Å². The van der Waals surface area contributed by atoms with Gasteiger partial charge in [0, 0.05) is 19.4 Å². The Hall–Kier alpha value is -4.37. The maximum absolute atomic E-state index is 12.8. The first-order chi connectivity index (χ1) is 42.8. The molecule has 0 aromatic rings. The van der Waals surface area contributed by atoms with Gasteiger partial charge in [-0.1, -0.05) is 307 Å². The number of esters is 2. The fraction of sp³-hybridized carbons (Fsp3) is 0.636. The first kappa shape index (κ1) is 82.6. The first-order valence-electron chi connectivity index (χ1n) is 35.0. The van der Waals surface area contributed by atoms with E-state index in [0.717, 1.165) is 128 Å². The van der Waals surface area contributed by atoms with E-state index in [4.69, 9.17) is 24.3 Å². The van der Waals surface area contributed by atoms with Crippen LogP contribution in [0.1, 0.15) is 284 Å². The standard InChI is InChI=1S/C77H128NO8P/c1-3-5-7-9-11-13-15-17-19-21-23-25-27-29-31-33-34-35-36-37-38-39-40-42-44-46-48-50-52-54-56-58-60-62-64-66-68-70-77(80)86-75(74-85-87(81,82)84-72-71-78)73-83-76(79)69-67-65-63-61-59-57-55-53-51-49-47-45-43-41-32-30-28-26-24-22-20-18-16-14-12-10-8-6-4-2/h5-8,11-14,17-20,23-26,29,31,34-35,37-38,40,42,46,48,75H,3-4,9-10,15-16,21-22,27-28,30,32-33,36,39,41,43-45,47,49-74,78H2,1-2H3,(H,81,82)/b7-5-,8-6-,13-11-,14-12-,19-17-,20-18-,25-23-,26-24-,31-29-,35-34-,38-37-,42-40-,48-46-. The first-order valence-corrected chi connectivity index (χ1v) is 36.5. The van der Waals surface area contributed by atoms with E-state index >= 15 is 0 Å². The number of hydrogen-bond acceptors (Lipinski definition) is 8. The third kappa shape index (κ3) is 70.6. The lowest BCUT2D eigenvalue weighted by Crippen LogP contribution is -2.29. The molecule has 0 saturated carbocycles. The second-order valence-electron chi connectivity index (χ2n) is 22.6. The zero-order valence-corrected chi connectivity index (χ0v) is 56.3. The van der Waals surface area contributed by atoms with Crippen molar-refractivity contribution in [2.75, 3.05) is 26.4 Å². The van der Waals surface area contributed by atoms with Crippen molar-refractivity contribution in [2.24, 2.45) is 5.73 Å². The maximum Gasteiger partial charge on any atom is 0.472 e. The van der Waals surface area contributed by atoms with Crippen molar-refractivity contribution in [1.82, 2.24) is 0 Å². The van der Waals surface area contributed by atoms with Crippen LogP contribution < -0.4 is 5.73 Å². The minimum Gasteiger partial charge on any atom is -0.462 e. The molecular formula is C77H128NO8P. The quantitative estimate of drug-likeness (QED) is 0.0264. The van der Waals surface area contributed by atoms with Crippen LogP contribution in [-0.4, -0.2) is 49.3 Å². The van der Waals surface area contributed by atoms with E-state index in [0.29, 0.717) is 6.42 Å². The molecule has 2 atom stereocenters. The van der Waals surface area contributed by atoms with Crippen molar-refractivity contribution >= 4 is 19.8 Å². The smallest absolute Gasteiger partial charge is 0.462 e. The van der Waals surface area contributed by atoms with Crippen molar-refractivity contribution in [3.63, 3.8) is 0 Å². The molecule has 9 nitrogen and oxygen atoms in total. The van der Waals surface area contributed by atoms with Crippen molar-refractivity contribution < 1.29 is 37.6 Å². The van der Waals surface area contributed by atoms with E-state index in [9.17, 15) is 19.0 Å². The number of hydrogen-bond donors (Lipinski definition) is 2. The monoisotopic (exact) mass is 1230 g/mol. The van der Waals surface area contributed by atoms with Gasteiger partial charge in [0.2, 0.25) is 0 Å². The van der Waals surface area contributed by atoms with Crippen LogP contribution in [0.5, 0.6) is 0 Å². The van der Waals surface area contributed by atoms with Crippen LogP contribution in [-0.2, 0) is 32.7 Å². The molecule has 0 aromatic carbocycles. The molecule has 2 unspecified atom stereocenters. The Balaban J connectivity index is 3.95. The molecule has 0 bridgehead atoms. The van der Waals surface area contributed by atoms with Crippen molar-refractivity contribution in [3.8, 4) is 0 Å². The number of ether oxygens (including phenoxy) is 2. The Kier molecular flexibility index (Phi) is 67.2. The number of phosphoric ester groups is 1. The summed E-state index contributed by atoms with van der Waals surface area (Å²) in [5.74, 6) is -0.837. The highest BCUT2D eigenvalue weighted by Crippen LogP contribution is 2.43. The number of phosphoric acid groups is 1. The van der Waals surface area contributed by atoms with Gasteiger partial charge in [-0.15, -0.1) is 0 Å². The second-order valence-corrected chi connectivity index (χ2v) is 24.1. The topological polar surface area (TPSA) is 134 Å². The highest BCUT2D eigenvalue weighted by atomic mass is 31.2. The lowest BCUT2D eigenvalue weighted by Gasteiger charge is -2.19. The SMILES string of the molecule is CC/C=C\C/C=C\C/C=C\C/C=C\C/C=C\C/C=C\C/C=C\C/C=C\C/C=C\CCCCCCCCCCCC(=O)OC(COC(=O)CCCCCCCCCCCCCCCCCC/C=C\C/C=C\C/C=C\C/C=C\CC)COP(=O)(O)OCCN. The summed E-state index contributed by atoms with van der Waals surface area (Å²) in [4.78, 5) is 35.4. The molecule has 0 radical (unpaired) electrons. The lowest BCUT2D eigenvalue weighted by atomic mass is 10.0. The van der Waals surface area contributed by atoms with Crippen molar-refractivity contribution in [3.05, 3.63) is 158 Å². The third-order valence-corrected chi connectivity index (χ3v) is 15.4. The Morgan fingerprint density at radius 3 is 0.885 bits per heavy atom. The fourth-order valence-corrected chi connectivity index (χ4v) is 10.1. The molecular weight excluding hydrogens is 1100 g/mol. The molecule has 0 aromatic heterocycles. The van der Waals surface area contributed by atoms with Crippen LogP contribution in [0.4, 0.5) is 0 Å². The number of nitrogens with two attached hydrogens (primary N) is 1. The number of rotatable bonds is 64. The highest BCUT2D eigenvalue weighted by molar-refractivity contribution is 7.47. The average molecular weight is 1230 g/mol. The second kappa shape index (κ2) is 70.7. The van der Waals surface area contributed by atoms with Gasteiger partial charge in [0.15, 0.2) is 6.10 Å². The summed E-state index contributed by atoms with van der Waals surface area (Å²) < 4.78 is 33.2. The van der Waals surface area contributed by atoms with Gasteiger partial charge in [-0.25, -0.2) is 4.57 Å². The molecule has 0 heterocycles. The Morgan fingerprint density at radius 2 is 0.598 bits per heavy atom. The van der Waals surface area contributed by atoms with Gasteiger partial charge in [0.25, 0.3) is 0 Å². The third-order valence-electron chi connectivity index (χ3n) is 14.4. The summed E-state index contributed by atoms with van der Waals surface area (Å²) in [6, 6.07) is 0.